The van der Waals surface area contributed by atoms with Gasteiger partial charge in [0.05, 0.1) is 16.2 Å². The molecule has 0 atom stereocenters. The number of aryl methyl sites for hydroxylation is 2. The lowest BCUT2D eigenvalue weighted by atomic mass is 10.2. The lowest BCUT2D eigenvalue weighted by Crippen LogP contribution is -2.29. The number of amidine groups is 1. The highest BCUT2D eigenvalue weighted by atomic mass is 35.5. The molecule has 0 saturated heterocycles. The Morgan fingerprint density at radius 2 is 2.14 bits per heavy atom. The fourth-order valence-corrected chi connectivity index (χ4v) is 4.52. The summed E-state index contributed by atoms with van der Waals surface area (Å²) in [6.07, 6.45) is 3.33. The van der Waals surface area contributed by atoms with Gasteiger partial charge in [0.2, 0.25) is 0 Å². The Hall–Kier alpha value is -2.39. The molecule has 29 heavy (non-hydrogen) atoms. The summed E-state index contributed by atoms with van der Waals surface area (Å²) in [6, 6.07) is 6.06. The number of amides is 1. The Labute approximate surface area is 175 Å². The molecule has 0 unspecified atom stereocenters. The van der Waals surface area contributed by atoms with E-state index in [2.05, 4.69) is 27.1 Å². The summed E-state index contributed by atoms with van der Waals surface area (Å²) in [7, 11) is -3.76. The van der Waals surface area contributed by atoms with Gasteiger partial charge >= 0.3 is 0 Å². The molecule has 0 bridgehead atoms. The van der Waals surface area contributed by atoms with E-state index < -0.39 is 15.9 Å². The Morgan fingerprint density at radius 1 is 1.34 bits per heavy atom. The van der Waals surface area contributed by atoms with E-state index in [1.165, 1.54) is 12.1 Å². The molecule has 10 heteroatoms. The van der Waals surface area contributed by atoms with E-state index >= 15 is 0 Å². The third-order valence-corrected chi connectivity index (χ3v) is 6.31. The third kappa shape index (κ3) is 4.97. The van der Waals surface area contributed by atoms with Gasteiger partial charge < -0.3 is 5.32 Å². The van der Waals surface area contributed by atoms with E-state index in [1.54, 1.807) is 23.7 Å². The number of unbranched alkanes of at least 4 members (excludes halogenated alkanes) is 1. The van der Waals surface area contributed by atoms with Gasteiger partial charge in [0, 0.05) is 25.2 Å². The van der Waals surface area contributed by atoms with Crippen LogP contribution in [0.25, 0.3) is 0 Å². The minimum atomic E-state index is -3.76. The number of nitrogens with zero attached hydrogens (tertiary/aromatic N) is 3. The number of carbonyl (C=O) groups is 1. The fourth-order valence-electron chi connectivity index (χ4n) is 3.04. The first kappa shape index (κ1) is 21.3. The van der Waals surface area contributed by atoms with E-state index in [9.17, 15) is 13.2 Å². The number of aliphatic imine (C=N–C) groups is 1. The maximum Gasteiger partial charge on any atom is 0.262 e. The van der Waals surface area contributed by atoms with Crippen molar-refractivity contribution in [2.24, 2.45) is 4.99 Å². The van der Waals surface area contributed by atoms with Crippen molar-refractivity contribution in [1.82, 2.24) is 14.5 Å². The van der Waals surface area contributed by atoms with Crippen molar-refractivity contribution < 1.29 is 13.2 Å². The number of hydrogen-bond acceptors (Lipinski definition) is 5. The molecule has 156 valence electrons. The van der Waals surface area contributed by atoms with Crippen LogP contribution in [0.2, 0.25) is 5.15 Å². The van der Waals surface area contributed by atoms with Crippen molar-refractivity contribution in [3.8, 4) is 0 Å². The van der Waals surface area contributed by atoms with Crippen molar-refractivity contribution in [2.75, 3.05) is 11.9 Å². The van der Waals surface area contributed by atoms with Crippen LogP contribution in [0.4, 0.5) is 5.69 Å². The van der Waals surface area contributed by atoms with Crippen molar-refractivity contribution >= 4 is 39.1 Å². The predicted molar refractivity (Wildman–Crippen MR) is 113 cm³/mol. The molecule has 1 aliphatic rings. The van der Waals surface area contributed by atoms with Gasteiger partial charge in [-0.05, 0) is 38.0 Å². The summed E-state index contributed by atoms with van der Waals surface area (Å²) in [5, 5.41) is 7.32. The SMILES string of the molecule is CCCCn1nc(C)c(C(=O)Nc2cccc(S(=O)(=O)NC3=NCCC3)c2)c1Cl. The van der Waals surface area contributed by atoms with E-state index in [-0.39, 0.29) is 15.6 Å². The van der Waals surface area contributed by atoms with Gasteiger partial charge in [0.25, 0.3) is 15.9 Å². The largest absolute Gasteiger partial charge is 0.322 e. The Balaban J connectivity index is 1.78. The maximum absolute atomic E-state index is 12.7. The number of aromatic nitrogens is 2. The minimum absolute atomic E-state index is 0.0476. The van der Waals surface area contributed by atoms with Crippen LogP contribution in [0, 0.1) is 6.92 Å². The molecule has 0 spiro atoms. The highest BCUT2D eigenvalue weighted by Gasteiger charge is 2.22. The van der Waals surface area contributed by atoms with Crippen LogP contribution >= 0.6 is 11.6 Å². The molecule has 2 heterocycles. The minimum Gasteiger partial charge on any atom is -0.322 e. The number of carbonyl (C=O) groups excluding carboxylic acids is 1. The molecule has 1 aromatic carbocycles. The smallest absolute Gasteiger partial charge is 0.262 e. The zero-order chi connectivity index (χ0) is 21.0. The average molecular weight is 438 g/mol. The molecule has 1 aliphatic heterocycles. The molecule has 3 rings (SSSR count). The highest BCUT2D eigenvalue weighted by molar-refractivity contribution is 7.90. The summed E-state index contributed by atoms with van der Waals surface area (Å²) in [5.41, 5.74) is 1.16. The fraction of sp³-hybridized carbons (Fsp3) is 0.421. The Morgan fingerprint density at radius 3 is 2.83 bits per heavy atom. The van der Waals surface area contributed by atoms with Crippen LogP contribution in [-0.4, -0.2) is 36.5 Å². The second-order valence-electron chi connectivity index (χ2n) is 6.85. The number of benzene rings is 1. The number of rotatable bonds is 7. The third-order valence-electron chi connectivity index (χ3n) is 4.54. The monoisotopic (exact) mass is 437 g/mol. The van der Waals surface area contributed by atoms with Gasteiger partial charge in [-0.2, -0.15) is 5.10 Å². The molecular formula is C19H24ClN5O3S. The summed E-state index contributed by atoms with van der Waals surface area (Å²) in [4.78, 5) is 16.9. The molecule has 0 aliphatic carbocycles. The number of hydrogen-bond donors (Lipinski definition) is 2. The zero-order valence-corrected chi connectivity index (χ0v) is 18.0. The topological polar surface area (TPSA) is 105 Å². The highest BCUT2D eigenvalue weighted by Crippen LogP contribution is 2.23. The van der Waals surface area contributed by atoms with Crippen LogP contribution in [-0.2, 0) is 16.6 Å². The Kier molecular flexibility index (Phi) is 6.59. The Bertz CT molecular complexity index is 1050. The average Bonchev–Trinajstić information content (AvgIpc) is 3.27. The first-order valence-corrected chi connectivity index (χ1v) is 11.4. The predicted octanol–water partition coefficient (Wildman–Crippen LogP) is 3.37. The molecule has 0 fully saturated rings. The van der Waals surface area contributed by atoms with Crippen LogP contribution < -0.4 is 10.0 Å². The van der Waals surface area contributed by atoms with Crippen molar-refractivity contribution in [3.63, 3.8) is 0 Å². The van der Waals surface area contributed by atoms with Gasteiger partial charge in [-0.25, -0.2) is 8.42 Å². The van der Waals surface area contributed by atoms with Gasteiger partial charge in [0.15, 0.2) is 0 Å². The van der Waals surface area contributed by atoms with Crippen molar-refractivity contribution in [1.29, 1.82) is 0 Å². The second kappa shape index (κ2) is 8.96. The zero-order valence-electron chi connectivity index (χ0n) is 16.4. The van der Waals surface area contributed by atoms with Gasteiger partial charge in [-0.15, -0.1) is 0 Å². The normalized spacial score (nSPS) is 14.0. The van der Waals surface area contributed by atoms with Crippen molar-refractivity contribution in [3.05, 3.63) is 40.7 Å². The van der Waals surface area contributed by atoms with Crippen LogP contribution in [0.15, 0.2) is 34.2 Å². The van der Waals surface area contributed by atoms with E-state index in [1.807, 2.05) is 0 Å². The summed E-state index contributed by atoms with van der Waals surface area (Å²) < 4.78 is 29.3. The van der Waals surface area contributed by atoms with Crippen LogP contribution in [0.1, 0.15) is 48.7 Å². The van der Waals surface area contributed by atoms with Crippen LogP contribution in [0.5, 0.6) is 0 Å². The molecule has 0 radical (unpaired) electrons. The van der Waals surface area contributed by atoms with Crippen LogP contribution in [0.3, 0.4) is 0 Å². The number of sulfonamides is 1. The summed E-state index contributed by atoms with van der Waals surface area (Å²) in [6.45, 7) is 5.04. The van der Waals surface area contributed by atoms with E-state index in [4.69, 9.17) is 11.6 Å². The number of anilines is 1. The molecule has 2 aromatic rings. The van der Waals surface area contributed by atoms with Gasteiger partial charge in [-0.3, -0.25) is 19.2 Å². The maximum atomic E-state index is 12.7. The number of halogens is 1. The van der Waals surface area contributed by atoms with E-state index in [0.717, 1.165) is 19.3 Å². The molecule has 1 aromatic heterocycles. The second-order valence-corrected chi connectivity index (χ2v) is 8.89. The van der Waals surface area contributed by atoms with Gasteiger partial charge in [-0.1, -0.05) is 31.0 Å². The standard InChI is InChI=1S/C19H24ClN5O3S/c1-3-4-11-25-18(20)17(13(2)23-25)19(26)22-14-7-5-8-15(12-14)29(27,28)24-16-9-6-10-21-16/h5,7-8,12H,3-4,6,9-11H2,1-2H3,(H,21,24)(H,22,26). The summed E-state index contributed by atoms with van der Waals surface area (Å²) >= 11 is 6.35. The van der Waals surface area contributed by atoms with E-state index in [0.29, 0.717) is 36.7 Å². The molecular weight excluding hydrogens is 414 g/mol. The van der Waals surface area contributed by atoms with Gasteiger partial charge in [0.1, 0.15) is 11.0 Å². The lowest BCUT2D eigenvalue weighted by Gasteiger charge is -2.10. The first-order valence-electron chi connectivity index (χ1n) is 9.52. The number of nitrogens with one attached hydrogen (secondary N) is 2. The molecule has 1 amide bonds. The molecule has 8 nitrogen and oxygen atoms in total. The molecule has 2 N–H and O–H groups in total. The summed E-state index contributed by atoms with van der Waals surface area (Å²) in [5.74, 6) is 0.0271. The quantitative estimate of drug-likeness (QED) is 0.692. The first-order chi connectivity index (χ1) is 13.8. The lowest BCUT2D eigenvalue weighted by molar-refractivity contribution is 0.102. The van der Waals surface area contributed by atoms with Crippen molar-refractivity contribution in [2.45, 2.75) is 51.0 Å². The molecule has 0 saturated carbocycles.